The van der Waals surface area contributed by atoms with E-state index >= 15 is 0 Å². The summed E-state index contributed by atoms with van der Waals surface area (Å²) in [7, 11) is 1.50. The van der Waals surface area contributed by atoms with Gasteiger partial charge in [-0.15, -0.1) is 0 Å². The second-order valence-electron chi connectivity index (χ2n) is 8.27. The summed E-state index contributed by atoms with van der Waals surface area (Å²) in [6.07, 6.45) is 2.43. The van der Waals surface area contributed by atoms with Gasteiger partial charge >= 0.3 is 0 Å². The SMILES string of the molecule is CCc1ccc(NC(=O)CN2C(=O)S/C(=C/c3cccc(OC)c3OCc3ccc(Cl)cc3Cl)C2=O)cc1. The molecule has 0 aromatic heterocycles. The highest BCUT2D eigenvalue weighted by Crippen LogP contribution is 2.38. The second kappa shape index (κ2) is 12.4. The summed E-state index contributed by atoms with van der Waals surface area (Å²) in [6.45, 7) is 1.77. The van der Waals surface area contributed by atoms with Crippen molar-refractivity contribution in [2.45, 2.75) is 20.0 Å². The van der Waals surface area contributed by atoms with Crippen molar-refractivity contribution in [3.8, 4) is 11.5 Å². The van der Waals surface area contributed by atoms with Gasteiger partial charge in [0.15, 0.2) is 11.5 Å². The lowest BCUT2D eigenvalue weighted by Crippen LogP contribution is -2.36. The van der Waals surface area contributed by atoms with E-state index in [1.54, 1.807) is 54.6 Å². The molecule has 0 atom stereocenters. The highest BCUT2D eigenvalue weighted by Gasteiger charge is 2.36. The summed E-state index contributed by atoms with van der Waals surface area (Å²) in [6, 6.07) is 17.7. The van der Waals surface area contributed by atoms with Crippen molar-refractivity contribution in [2.75, 3.05) is 19.0 Å². The number of thioether (sulfide) groups is 1. The van der Waals surface area contributed by atoms with Crippen molar-refractivity contribution >= 4 is 63.8 Å². The number of methoxy groups -OCH3 is 1. The molecule has 1 fully saturated rings. The Morgan fingerprint density at radius 3 is 2.53 bits per heavy atom. The monoisotopic (exact) mass is 570 g/mol. The molecular formula is C28H24Cl2N2O5S. The van der Waals surface area contributed by atoms with Crippen molar-refractivity contribution in [3.05, 3.63) is 92.3 Å². The number of carbonyl (C=O) groups excluding carboxylic acids is 3. The van der Waals surface area contributed by atoms with Crippen LogP contribution in [-0.4, -0.2) is 35.6 Å². The molecule has 7 nitrogen and oxygen atoms in total. The summed E-state index contributed by atoms with van der Waals surface area (Å²) in [5.74, 6) is -0.216. The van der Waals surface area contributed by atoms with Crippen LogP contribution in [0.5, 0.6) is 11.5 Å². The fraction of sp³-hybridized carbons (Fsp3) is 0.179. The predicted octanol–water partition coefficient (Wildman–Crippen LogP) is 6.82. The number of amides is 3. The first-order chi connectivity index (χ1) is 18.3. The Morgan fingerprint density at radius 1 is 1.08 bits per heavy atom. The molecule has 3 aromatic carbocycles. The van der Waals surface area contributed by atoms with Crippen LogP contribution in [-0.2, 0) is 22.6 Å². The van der Waals surface area contributed by atoms with Gasteiger partial charge in [0, 0.05) is 26.9 Å². The van der Waals surface area contributed by atoms with Crippen LogP contribution in [0.1, 0.15) is 23.6 Å². The molecule has 10 heteroatoms. The van der Waals surface area contributed by atoms with Gasteiger partial charge < -0.3 is 14.8 Å². The van der Waals surface area contributed by atoms with Gasteiger partial charge in [-0.1, -0.05) is 60.5 Å². The topological polar surface area (TPSA) is 84.9 Å². The van der Waals surface area contributed by atoms with Crippen LogP contribution in [0.25, 0.3) is 6.08 Å². The number of nitrogens with one attached hydrogen (secondary N) is 1. The van der Waals surface area contributed by atoms with E-state index in [0.717, 1.165) is 28.6 Å². The third kappa shape index (κ3) is 6.51. The normalized spacial score (nSPS) is 14.2. The van der Waals surface area contributed by atoms with Crippen molar-refractivity contribution in [1.29, 1.82) is 0 Å². The number of anilines is 1. The van der Waals surface area contributed by atoms with Gasteiger partial charge in [-0.25, -0.2) is 0 Å². The van der Waals surface area contributed by atoms with E-state index in [2.05, 4.69) is 5.32 Å². The molecule has 1 aliphatic heterocycles. The zero-order valence-electron chi connectivity index (χ0n) is 20.6. The molecule has 0 spiro atoms. The van der Waals surface area contributed by atoms with Crippen LogP contribution in [0.2, 0.25) is 10.0 Å². The van der Waals surface area contributed by atoms with Crippen molar-refractivity contribution in [3.63, 3.8) is 0 Å². The summed E-state index contributed by atoms with van der Waals surface area (Å²) in [5, 5.41) is 3.15. The molecule has 196 valence electrons. The number of hydrogen-bond donors (Lipinski definition) is 1. The van der Waals surface area contributed by atoms with Crippen molar-refractivity contribution in [1.82, 2.24) is 4.90 Å². The average Bonchev–Trinajstić information content (AvgIpc) is 3.16. The van der Waals surface area contributed by atoms with Crippen LogP contribution >= 0.6 is 35.0 Å². The van der Waals surface area contributed by atoms with Crippen LogP contribution in [0.4, 0.5) is 10.5 Å². The Hall–Kier alpha value is -3.46. The molecule has 4 rings (SSSR count). The lowest BCUT2D eigenvalue weighted by atomic mass is 10.1. The Kier molecular flexibility index (Phi) is 8.99. The minimum Gasteiger partial charge on any atom is -0.493 e. The van der Waals surface area contributed by atoms with E-state index in [-0.39, 0.29) is 11.5 Å². The zero-order chi connectivity index (χ0) is 27.2. The number of benzene rings is 3. The fourth-order valence-electron chi connectivity index (χ4n) is 3.70. The first-order valence-electron chi connectivity index (χ1n) is 11.7. The smallest absolute Gasteiger partial charge is 0.294 e. The van der Waals surface area contributed by atoms with E-state index in [0.29, 0.717) is 38.4 Å². The predicted molar refractivity (Wildman–Crippen MR) is 151 cm³/mol. The molecule has 0 bridgehead atoms. The summed E-state index contributed by atoms with van der Waals surface area (Å²) in [4.78, 5) is 39.3. The van der Waals surface area contributed by atoms with Gasteiger partial charge in [-0.3, -0.25) is 19.3 Å². The van der Waals surface area contributed by atoms with Crippen LogP contribution in [0.3, 0.4) is 0 Å². The van der Waals surface area contributed by atoms with E-state index in [4.69, 9.17) is 32.7 Å². The van der Waals surface area contributed by atoms with Gasteiger partial charge in [0.25, 0.3) is 11.1 Å². The van der Waals surface area contributed by atoms with Crippen molar-refractivity contribution < 1.29 is 23.9 Å². The molecule has 38 heavy (non-hydrogen) atoms. The van der Waals surface area contributed by atoms with E-state index in [1.807, 2.05) is 19.1 Å². The molecule has 1 heterocycles. The molecule has 0 aliphatic carbocycles. The van der Waals surface area contributed by atoms with Crippen LogP contribution < -0.4 is 14.8 Å². The largest absolute Gasteiger partial charge is 0.493 e. The van der Waals surface area contributed by atoms with Gasteiger partial charge in [0.2, 0.25) is 5.91 Å². The van der Waals surface area contributed by atoms with Crippen molar-refractivity contribution in [2.24, 2.45) is 0 Å². The molecule has 3 amide bonds. The number of aryl methyl sites for hydroxylation is 1. The number of halogens is 2. The number of carbonyl (C=O) groups is 3. The third-order valence-electron chi connectivity index (χ3n) is 5.72. The second-order valence-corrected chi connectivity index (χ2v) is 10.1. The minimum atomic E-state index is -0.564. The first kappa shape index (κ1) is 27.6. The standard InChI is InChI=1S/C28H24Cl2N2O5S/c1-3-17-7-11-21(12-8-17)31-25(33)15-32-27(34)24(38-28(32)35)13-18-5-4-6-23(36-2)26(18)37-16-19-9-10-20(29)14-22(19)30/h4-14H,3,15-16H2,1-2H3,(H,31,33)/b24-13+. The summed E-state index contributed by atoms with van der Waals surface area (Å²) >= 11 is 13.0. The number of rotatable bonds is 9. The lowest BCUT2D eigenvalue weighted by molar-refractivity contribution is -0.127. The molecule has 1 saturated heterocycles. The minimum absolute atomic E-state index is 0.123. The Bertz CT molecular complexity index is 1410. The zero-order valence-corrected chi connectivity index (χ0v) is 23.0. The maximum atomic E-state index is 13.0. The van der Waals surface area contributed by atoms with Crippen LogP contribution in [0, 0.1) is 0 Å². The van der Waals surface area contributed by atoms with Crippen LogP contribution in [0.15, 0.2) is 65.6 Å². The first-order valence-corrected chi connectivity index (χ1v) is 13.2. The Labute approximate surface area is 234 Å². The van der Waals surface area contributed by atoms with Gasteiger partial charge in [0.1, 0.15) is 13.2 Å². The highest BCUT2D eigenvalue weighted by atomic mass is 35.5. The Morgan fingerprint density at radius 2 is 1.84 bits per heavy atom. The number of ether oxygens (including phenoxy) is 2. The average molecular weight is 571 g/mol. The number of imide groups is 1. The molecule has 0 unspecified atom stereocenters. The van der Waals surface area contributed by atoms with Gasteiger partial charge in [-0.05, 0) is 60.2 Å². The molecule has 3 aromatic rings. The maximum absolute atomic E-state index is 13.0. The summed E-state index contributed by atoms with van der Waals surface area (Å²) in [5.41, 5.74) is 2.97. The molecule has 0 radical (unpaired) electrons. The lowest BCUT2D eigenvalue weighted by Gasteiger charge is -2.15. The maximum Gasteiger partial charge on any atom is 0.294 e. The Balaban J connectivity index is 1.50. The number of para-hydroxylation sites is 1. The van der Waals surface area contributed by atoms with Gasteiger partial charge in [0.05, 0.1) is 12.0 Å². The quantitative estimate of drug-likeness (QED) is 0.284. The van der Waals surface area contributed by atoms with E-state index in [9.17, 15) is 14.4 Å². The third-order valence-corrected chi connectivity index (χ3v) is 7.22. The van der Waals surface area contributed by atoms with Gasteiger partial charge in [-0.2, -0.15) is 0 Å². The fourth-order valence-corrected chi connectivity index (χ4v) is 4.99. The summed E-state index contributed by atoms with van der Waals surface area (Å²) < 4.78 is 11.5. The number of nitrogens with zero attached hydrogens (tertiary/aromatic N) is 1. The highest BCUT2D eigenvalue weighted by molar-refractivity contribution is 8.18. The molecule has 1 N–H and O–H groups in total. The van der Waals surface area contributed by atoms with E-state index in [1.165, 1.54) is 7.11 Å². The number of hydrogen-bond acceptors (Lipinski definition) is 6. The molecule has 1 aliphatic rings. The molecular weight excluding hydrogens is 547 g/mol. The molecule has 0 saturated carbocycles. The van der Waals surface area contributed by atoms with E-state index < -0.39 is 23.6 Å².